The number of aryl methyl sites for hydroxylation is 1. The van der Waals surface area contributed by atoms with Crippen LogP contribution in [0.25, 0.3) is 22.6 Å². The molecule has 0 amide bonds. The van der Waals surface area contributed by atoms with E-state index in [1.54, 1.807) is 0 Å². The summed E-state index contributed by atoms with van der Waals surface area (Å²) in [7, 11) is 0. The van der Waals surface area contributed by atoms with Crippen molar-refractivity contribution in [2.75, 3.05) is 5.73 Å². The van der Waals surface area contributed by atoms with Gasteiger partial charge in [0.05, 0.1) is 5.56 Å². The fourth-order valence-corrected chi connectivity index (χ4v) is 2.52. The average molecular weight is 303 g/mol. The van der Waals surface area contributed by atoms with Gasteiger partial charge in [0.1, 0.15) is 5.52 Å². The fourth-order valence-electron chi connectivity index (χ4n) is 1.85. The van der Waals surface area contributed by atoms with Crippen LogP contribution in [-0.2, 0) is 0 Å². The minimum Gasteiger partial charge on any atom is -0.436 e. The monoisotopic (exact) mass is 302 g/mol. The van der Waals surface area contributed by atoms with Gasteiger partial charge in [0.25, 0.3) is 0 Å². The van der Waals surface area contributed by atoms with E-state index >= 15 is 0 Å². The number of nitrogens with zero attached hydrogens (tertiary/aromatic N) is 1. The van der Waals surface area contributed by atoms with E-state index in [9.17, 15) is 0 Å². The Balaban J connectivity index is 2.19. The SMILES string of the molecule is Cc1ccc(-c2nc3cc(N)ccc3o2)c(Br)c1. The van der Waals surface area contributed by atoms with Gasteiger partial charge in [-0.05, 0) is 58.7 Å². The molecule has 0 aliphatic rings. The first-order valence-corrected chi connectivity index (χ1v) is 6.35. The highest BCUT2D eigenvalue weighted by Gasteiger charge is 2.11. The van der Waals surface area contributed by atoms with Crippen LogP contribution in [0, 0.1) is 6.92 Å². The van der Waals surface area contributed by atoms with Gasteiger partial charge < -0.3 is 10.2 Å². The van der Waals surface area contributed by atoms with Gasteiger partial charge >= 0.3 is 0 Å². The van der Waals surface area contributed by atoms with Crippen molar-refractivity contribution in [1.82, 2.24) is 4.98 Å². The molecule has 0 saturated heterocycles. The van der Waals surface area contributed by atoms with Crippen LogP contribution in [-0.4, -0.2) is 4.98 Å². The zero-order valence-corrected chi connectivity index (χ0v) is 11.4. The zero-order valence-electron chi connectivity index (χ0n) is 9.77. The zero-order chi connectivity index (χ0) is 12.7. The number of anilines is 1. The standard InChI is InChI=1S/C14H11BrN2O/c1-8-2-4-10(11(15)6-8)14-17-12-7-9(16)3-5-13(12)18-14/h2-7H,16H2,1H3. The molecule has 18 heavy (non-hydrogen) atoms. The van der Waals surface area contributed by atoms with Crippen LogP contribution in [0.1, 0.15) is 5.56 Å². The number of hydrogen-bond donors (Lipinski definition) is 1. The molecule has 3 rings (SSSR count). The molecule has 0 saturated carbocycles. The van der Waals surface area contributed by atoms with Gasteiger partial charge in [0, 0.05) is 10.2 Å². The lowest BCUT2D eigenvalue weighted by Crippen LogP contribution is -1.83. The third-order valence-electron chi connectivity index (χ3n) is 2.77. The van der Waals surface area contributed by atoms with Crippen LogP contribution in [0.4, 0.5) is 5.69 Å². The maximum atomic E-state index is 5.73. The van der Waals surface area contributed by atoms with Crippen molar-refractivity contribution in [3.05, 3.63) is 46.4 Å². The van der Waals surface area contributed by atoms with E-state index in [1.807, 2.05) is 43.3 Å². The van der Waals surface area contributed by atoms with E-state index < -0.39 is 0 Å². The number of nitrogen functional groups attached to an aromatic ring is 1. The van der Waals surface area contributed by atoms with Gasteiger partial charge in [0.15, 0.2) is 5.58 Å². The lowest BCUT2D eigenvalue weighted by Gasteiger charge is -2.00. The van der Waals surface area contributed by atoms with Crippen LogP contribution in [0.3, 0.4) is 0 Å². The topological polar surface area (TPSA) is 52.0 Å². The third kappa shape index (κ3) is 1.88. The van der Waals surface area contributed by atoms with Crippen LogP contribution in [0.15, 0.2) is 45.3 Å². The fraction of sp³-hybridized carbons (Fsp3) is 0.0714. The summed E-state index contributed by atoms with van der Waals surface area (Å²) in [5.74, 6) is 0.600. The molecule has 3 aromatic rings. The Hall–Kier alpha value is -1.81. The first kappa shape index (κ1) is 11.3. The van der Waals surface area contributed by atoms with E-state index in [-0.39, 0.29) is 0 Å². The molecule has 0 atom stereocenters. The van der Waals surface area contributed by atoms with Gasteiger partial charge in [-0.2, -0.15) is 0 Å². The van der Waals surface area contributed by atoms with Gasteiger partial charge in [0.2, 0.25) is 5.89 Å². The molecule has 0 fully saturated rings. The molecule has 0 unspecified atom stereocenters. The van der Waals surface area contributed by atoms with Crippen molar-refractivity contribution in [1.29, 1.82) is 0 Å². The van der Waals surface area contributed by atoms with E-state index in [0.29, 0.717) is 11.6 Å². The van der Waals surface area contributed by atoms with Crippen LogP contribution < -0.4 is 5.73 Å². The molecule has 0 radical (unpaired) electrons. The minimum atomic E-state index is 0.600. The Morgan fingerprint density at radius 3 is 2.78 bits per heavy atom. The first-order chi connectivity index (χ1) is 8.63. The summed E-state index contributed by atoms with van der Waals surface area (Å²) in [6, 6.07) is 11.5. The largest absolute Gasteiger partial charge is 0.436 e. The molecule has 90 valence electrons. The van der Waals surface area contributed by atoms with Gasteiger partial charge in [-0.25, -0.2) is 4.98 Å². The molecule has 1 heterocycles. The number of hydrogen-bond acceptors (Lipinski definition) is 3. The van der Waals surface area contributed by atoms with Gasteiger partial charge in [-0.1, -0.05) is 6.07 Å². The number of oxazole rings is 1. The van der Waals surface area contributed by atoms with Crippen LogP contribution >= 0.6 is 15.9 Å². The molecule has 0 aliphatic heterocycles. The van der Waals surface area contributed by atoms with Crippen LogP contribution in [0.2, 0.25) is 0 Å². The number of fused-ring (bicyclic) bond motifs is 1. The lowest BCUT2D eigenvalue weighted by molar-refractivity contribution is 0.619. The van der Waals surface area contributed by atoms with Crippen molar-refractivity contribution in [3.8, 4) is 11.5 Å². The van der Waals surface area contributed by atoms with Crippen molar-refractivity contribution in [2.45, 2.75) is 6.92 Å². The summed E-state index contributed by atoms with van der Waals surface area (Å²) >= 11 is 3.53. The van der Waals surface area contributed by atoms with Gasteiger partial charge in [-0.15, -0.1) is 0 Å². The Morgan fingerprint density at radius 1 is 1.17 bits per heavy atom. The van der Waals surface area contributed by atoms with E-state index in [4.69, 9.17) is 10.2 Å². The van der Waals surface area contributed by atoms with Crippen molar-refractivity contribution in [3.63, 3.8) is 0 Å². The molecule has 4 heteroatoms. The maximum Gasteiger partial charge on any atom is 0.228 e. The minimum absolute atomic E-state index is 0.600. The smallest absolute Gasteiger partial charge is 0.228 e. The molecule has 2 N–H and O–H groups in total. The van der Waals surface area contributed by atoms with Crippen LogP contribution in [0.5, 0.6) is 0 Å². The van der Waals surface area contributed by atoms with Crippen molar-refractivity contribution < 1.29 is 4.42 Å². The maximum absolute atomic E-state index is 5.73. The second-order valence-electron chi connectivity index (χ2n) is 4.23. The van der Waals surface area contributed by atoms with Crippen molar-refractivity contribution >= 4 is 32.7 Å². The molecular formula is C14H11BrN2O. The normalized spacial score (nSPS) is 11.0. The Kier molecular flexibility index (Phi) is 2.59. The number of benzene rings is 2. The summed E-state index contributed by atoms with van der Waals surface area (Å²) in [6.07, 6.45) is 0. The predicted octanol–water partition coefficient (Wildman–Crippen LogP) is 4.15. The van der Waals surface area contributed by atoms with E-state index in [1.165, 1.54) is 5.56 Å². The molecule has 2 aromatic carbocycles. The highest BCUT2D eigenvalue weighted by molar-refractivity contribution is 9.10. The summed E-state index contributed by atoms with van der Waals surface area (Å²) < 4.78 is 6.71. The molecule has 0 bridgehead atoms. The second kappa shape index (κ2) is 4.14. The number of rotatable bonds is 1. The first-order valence-electron chi connectivity index (χ1n) is 5.56. The Morgan fingerprint density at radius 2 is 2.00 bits per heavy atom. The highest BCUT2D eigenvalue weighted by atomic mass is 79.9. The number of halogens is 1. The van der Waals surface area contributed by atoms with Crippen molar-refractivity contribution in [2.24, 2.45) is 0 Å². The summed E-state index contributed by atoms with van der Waals surface area (Å²) in [4.78, 5) is 4.46. The molecule has 0 spiro atoms. The average Bonchev–Trinajstić information content (AvgIpc) is 2.71. The third-order valence-corrected chi connectivity index (χ3v) is 3.42. The molecular weight excluding hydrogens is 292 g/mol. The highest BCUT2D eigenvalue weighted by Crippen LogP contribution is 2.31. The number of aromatic nitrogens is 1. The molecule has 3 nitrogen and oxygen atoms in total. The summed E-state index contributed by atoms with van der Waals surface area (Å²) in [6.45, 7) is 2.04. The lowest BCUT2D eigenvalue weighted by atomic mass is 10.1. The second-order valence-corrected chi connectivity index (χ2v) is 5.08. The van der Waals surface area contributed by atoms with Gasteiger partial charge in [-0.3, -0.25) is 0 Å². The van der Waals surface area contributed by atoms with E-state index in [0.717, 1.165) is 21.1 Å². The quantitative estimate of drug-likeness (QED) is 0.687. The summed E-state index contributed by atoms with van der Waals surface area (Å²) in [5.41, 5.74) is 10.1. The molecule has 1 aromatic heterocycles. The Bertz CT molecular complexity index is 734. The number of nitrogens with two attached hydrogens (primary N) is 1. The van der Waals surface area contributed by atoms with E-state index in [2.05, 4.69) is 20.9 Å². The Labute approximate surface area is 113 Å². The summed E-state index contributed by atoms with van der Waals surface area (Å²) in [5, 5.41) is 0. The molecule has 0 aliphatic carbocycles. The predicted molar refractivity (Wildman–Crippen MR) is 76.3 cm³/mol.